The molecule has 3 rings (SSSR count). The van der Waals surface area contributed by atoms with E-state index >= 15 is 0 Å². The van der Waals surface area contributed by atoms with Crippen LogP contribution in [0.15, 0.2) is 18.2 Å². The van der Waals surface area contributed by atoms with E-state index in [1.54, 1.807) is 18.1 Å². The van der Waals surface area contributed by atoms with Crippen molar-refractivity contribution in [3.63, 3.8) is 0 Å². The minimum Gasteiger partial charge on any atom is -0.384 e. The first-order valence-corrected chi connectivity index (χ1v) is 9.12. The highest BCUT2D eigenvalue weighted by molar-refractivity contribution is 5.99. The maximum atomic E-state index is 14.2. The van der Waals surface area contributed by atoms with E-state index in [9.17, 15) is 14.0 Å². The number of anilines is 1. The van der Waals surface area contributed by atoms with Crippen LogP contribution >= 0.6 is 0 Å². The van der Waals surface area contributed by atoms with E-state index < -0.39 is 11.7 Å². The molecule has 2 N–H and O–H groups in total. The Morgan fingerprint density at radius 1 is 1.38 bits per heavy atom. The Labute approximate surface area is 153 Å². The summed E-state index contributed by atoms with van der Waals surface area (Å²) in [5.74, 6) is -1.02. The predicted molar refractivity (Wildman–Crippen MR) is 96.7 cm³/mol. The number of ether oxygens (including phenoxy) is 1. The van der Waals surface area contributed by atoms with Crippen LogP contribution in [0.1, 0.15) is 36.0 Å². The van der Waals surface area contributed by atoms with Crippen molar-refractivity contribution in [1.82, 2.24) is 10.6 Å². The van der Waals surface area contributed by atoms with Crippen molar-refractivity contribution in [3.8, 4) is 0 Å². The Balaban J connectivity index is 1.71. The lowest BCUT2D eigenvalue weighted by atomic mass is 9.79. The number of amides is 2. The molecule has 2 saturated heterocycles. The number of methoxy groups -OCH3 is 1. The average molecular weight is 363 g/mol. The second-order valence-electron chi connectivity index (χ2n) is 7.18. The monoisotopic (exact) mass is 363 g/mol. The second kappa shape index (κ2) is 8.14. The Morgan fingerprint density at radius 2 is 2.15 bits per heavy atom. The summed E-state index contributed by atoms with van der Waals surface area (Å²) in [4.78, 5) is 26.1. The van der Waals surface area contributed by atoms with Crippen LogP contribution in [0.5, 0.6) is 0 Å². The van der Waals surface area contributed by atoms with Gasteiger partial charge in [-0.2, -0.15) is 0 Å². The number of rotatable bonds is 6. The lowest BCUT2D eigenvalue weighted by molar-refractivity contribution is -0.117. The van der Waals surface area contributed by atoms with Crippen molar-refractivity contribution in [2.24, 2.45) is 5.41 Å². The number of hydrogen-bond donors (Lipinski definition) is 2. The minimum absolute atomic E-state index is 0.0109. The number of carbonyl (C=O) groups excluding carboxylic acids is 2. The molecule has 26 heavy (non-hydrogen) atoms. The van der Waals surface area contributed by atoms with Crippen molar-refractivity contribution in [2.45, 2.75) is 25.7 Å². The smallest absolute Gasteiger partial charge is 0.254 e. The largest absolute Gasteiger partial charge is 0.384 e. The summed E-state index contributed by atoms with van der Waals surface area (Å²) in [6, 6.07) is 4.28. The van der Waals surface area contributed by atoms with Gasteiger partial charge in [-0.15, -0.1) is 0 Å². The maximum Gasteiger partial charge on any atom is 0.254 e. The van der Waals surface area contributed by atoms with E-state index in [1.165, 1.54) is 12.1 Å². The van der Waals surface area contributed by atoms with Gasteiger partial charge in [0.05, 0.1) is 12.2 Å². The Kier molecular flexibility index (Phi) is 5.88. The highest BCUT2D eigenvalue weighted by atomic mass is 19.1. The molecule has 2 fully saturated rings. The highest BCUT2D eigenvalue weighted by Gasteiger charge is 2.33. The van der Waals surface area contributed by atoms with Crippen LogP contribution in [0.4, 0.5) is 10.1 Å². The second-order valence-corrected chi connectivity index (χ2v) is 7.18. The van der Waals surface area contributed by atoms with Crippen molar-refractivity contribution in [2.75, 3.05) is 44.8 Å². The summed E-state index contributed by atoms with van der Waals surface area (Å²) in [7, 11) is 1.65. The zero-order chi connectivity index (χ0) is 18.6. The Bertz CT molecular complexity index is 668. The van der Waals surface area contributed by atoms with E-state index in [1.807, 2.05) is 0 Å². The van der Waals surface area contributed by atoms with Crippen LogP contribution in [0.25, 0.3) is 0 Å². The Morgan fingerprint density at radius 3 is 2.81 bits per heavy atom. The lowest BCUT2D eigenvalue weighted by Crippen LogP contribution is -2.47. The molecule has 0 aromatic heterocycles. The molecule has 142 valence electrons. The molecular weight excluding hydrogens is 337 g/mol. The van der Waals surface area contributed by atoms with Gasteiger partial charge in [-0.25, -0.2) is 4.39 Å². The van der Waals surface area contributed by atoms with Crippen LogP contribution in [0, 0.1) is 11.2 Å². The third-order valence-corrected chi connectivity index (χ3v) is 5.32. The fourth-order valence-electron chi connectivity index (χ4n) is 3.77. The van der Waals surface area contributed by atoms with Crippen LogP contribution in [-0.4, -0.2) is 51.7 Å². The van der Waals surface area contributed by atoms with E-state index in [2.05, 4.69) is 10.6 Å². The number of nitrogens with one attached hydrogen (secondary N) is 2. The molecule has 2 aliphatic heterocycles. The van der Waals surface area contributed by atoms with Gasteiger partial charge in [-0.1, -0.05) is 0 Å². The zero-order valence-corrected chi connectivity index (χ0v) is 15.1. The van der Waals surface area contributed by atoms with Gasteiger partial charge < -0.3 is 20.3 Å². The van der Waals surface area contributed by atoms with Gasteiger partial charge in [0.1, 0.15) is 5.82 Å². The maximum absolute atomic E-state index is 14.2. The third kappa shape index (κ3) is 4.04. The van der Waals surface area contributed by atoms with Gasteiger partial charge in [-0.05, 0) is 50.6 Å². The molecule has 0 bridgehead atoms. The van der Waals surface area contributed by atoms with Crippen molar-refractivity contribution >= 4 is 17.5 Å². The number of nitrogens with zero attached hydrogens (tertiary/aromatic N) is 1. The lowest BCUT2D eigenvalue weighted by Gasteiger charge is -2.37. The molecule has 0 atom stereocenters. The quantitative estimate of drug-likeness (QED) is 0.807. The topological polar surface area (TPSA) is 70.7 Å². The molecule has 0 spiro atoms. The molecule has 0 saturated carbocycles. The molecule has 6 nitrogen and oxygen atoms in total. The number of halogens is 1. The molecule has 2 aliphatic rings. The summed E-state index contributed by atoms with van der Waals surface area (Å²) in [6.07, 6.45) is 3.07. The van der Waals surface area contributed by atoms with Gasteiger partial charge in [0.2, 0.25) is 5.91 Å². The predicted octanol–water partition coefficient (Wildman–Crippen LogP) is 1.70. The third-order valence-electron chi connectivity index (χ3n) is 5.32. The van der Waals surface area contributed by atoms with Crippen LogP contribution in [0.2, 0.25) is 0 Å². The summed E-state index contributed by atoms with van der Waals surface area (Å²) in [5.41, 5.74) is 0.422. The summed E-state index contributed by atoms with van der Waals surface area (Å²) < 4.78 is 19.6. The molecule has 7 heteroatoms. The van der Waals surface area contributed by atoms with Crippen LogP contribution in [-0.2, 0) is 9.53 Å². The minimum atomic E-state index is -0.580. The molecular formula is C19H26FN3O3. The van der Waals surface area contributed by atoms with E-state index in [0.29, 0.717) is 31.8 Å². The first kappa shape index (κ1) is 18.8. The molecule has 1 aromatic rings. The van der Waals surface area contributed by atoms with Gasteiger partial charge in [0.25, 0.3) is 5.91 Å². The summed E-state index contributed by atoms with van der Waals surface area (Å²) in [6.45, 7) is 3.35. The van der Waals surface area contributed by atoms with Crippen LogP contribution < -0.4 is 15.5 Å². The molecule has 0 radical (unpaired) electrons. The molecule has 0 aliphatic carbocycles. The van der Waals surface area contributed by atoms with Crippen molar-refractivity contribution in [1.29, 1.82) is 0 Å². The Hall–Kier alpha value is -1.99. The number of benzene rings is 1. The number of hydrogen-bond acceptors (Lipinski definition) is 4. The fraction of sp³-hybridized carbons (Fsp3) is 0.579. The van der Waals surface area contributed by atoms with E-state index in [0.717, 1.165) is 32.4 Å². The fourth-order valence-corrected chi connectivity index (χ4v) is 3.77. The van der Waals surface area contributed by atoms with Gasteiger partial charge in [0, 0.05) is 37.7 Å². The number of carbonyl (C=O) groups is 2. The van der Waals surface area contributed by atoms with Gasteiger partial charge in [-0.3, -0.25) is 9.59 Å². The van der Waals surface area contributed by atoms with Crippen molar-refractivity contribution < 1.29 is 18.7 Å². The molecule has 2 amide bonds. The first-order chi connectivity index (χ1) is 12.5. The molecule has 0 unspecified atom stereocenters. The van der Waals surface area contributed by atoms with Crippen LogP contribution in [0.3, 0.4) is 0 Å². The molecule has 2 heterocycles. The van der Waals surface area contributed by atoms with Crippen molar-refractivity contribution in [3.05, 3.63) is 29.6 Å². The van der Waals surface area contributed by atoms with Gasteiger partial charge >= 0.3 is 0 Å². The summed E-state index contributed by atoms with van der Waals surface area (Å²) >= 11 is 0. The van der Waals surface area contributed by atoms with E-state index in [4.69, 9.17) is 4.74 Å². The zero-order valence-electron chi connectivity index (χ0n) is 15.1. The normalized spacial score (nSPS) is 19.6. The molecule has 1 aromatic carbocycles. The highest BCUT2D eigenvalue weighted by Crippen LogP contribution is 2.29. The van der Waals surface area contributed by atoms with E-state index in [-0.39, 0.29) is 16.9 Å². The average Bonchev–Trinajstić information content (AvgIpc) is 3.07. The first-order valence-electron chi connectivity index (χ1n) is 9.12. The van der Waals surface area contributed by atoms with Gasteiger partial charge in [0.15, 0.2) is 0 Å². The SMILES string of the molecule is COCC1(CNC(=O)c2cc(N3CCCC3=O)ccc2F)CCNCC1. The standard InChI is InChI=1S/C19H26FN3O3/c1-26-13-19(6-8-21-9-7-19)12-22-18(25)15-11-14(4-5-16(15)20)23-10-2-3-17(23)24/h4-5,11,21H,2-3,6-10,12-13H2,1H3,(H,22,25). The number of piperidine rings is 1. The summed E-state index contributed by atoms with van der Waals surface area (Å²) in [5, 5.41) is 6.18.